The average Bonchev–Trinajstić information content (AvgIpc) is 3.08. The lowest BCUT2D eigenvalue weighted by Crippen LogP contribution is -2.46. The van der Waals surface area contributed by atoms with E-state index in [0.717, 1.165) is 35.7 Å². The molecule has 25 heavy (non-hydrogen) atoms. The summed E-state index contributed by atoms with van der Waals surface area (Å²) in [5.74, 6) is -0.0533. The lowest BCUT2D eigenvalue weighted by Gasteiger charge is -2.31. The van der Waals surface area contributed by atoms with E-state index in [0.29, 0.717) is 12.1 Å². The fourth-order valence-electron chi connectivity index (χ4n) is 2.82. The van der Waals surface area contributed by atoms with Gasteiger partial charge in [0.15, 0.2) is 5.78 Å². The standard InChI is InChI=1S/C18H23N3O3S/c1-15-3-5-17(6-4-15)25(23,24)21-8-7-16(13-21)18(22)14-20-11-9-19(2)10-12-20/h3-8,13H,9-12,14H2,1-2H3. The third kappa shape index (κ3) is 4.00. The molecule has 0 bridgehead atoms. The molecule has 0 spiro atoms. The molecule has 0 unspecified atom stereocenters. The molecule has 2 aromatic rings. The quantitative estimate of drug-likeness (QED) is 0.755. The normalized spacial score (nSPS) is 16.9. The fraction of sp³-hybridized carbons (Fsp3) is 0.389. The minimum absolute atomic E-state index is 0.0533. The second-order valence-electron chi connectivity index (χ2n) is 6.55. The van der Waals surface area contributed by atoms with Gasteiger partial charge in [-0.25, -0.2) is 12.4 Å². The van der Waals surface area contributed by atoms with Crippen LogP contribution < -0.4 is 0 Å². The third-order valence-corrected chi connectivity index (χ3v) is 6.20. The van der Waals surface area contributed by atoms with Crippen LogP contribution in [0.2, 0.25) is 0 Å². The van der Waals surface area contributed by atoms with Gasteiger partial charge < -0.3 is 4.90 Å². The highest BCUT2D eigenvalue weighted by atomic mass is 32.2. The molecule has 1 fully saturated rings. The molecule has 1 aliphatic rings. The van der Waals surface area contributed by atoms with Crippen LogP contribution in [-0.2, 0) is 10.0 Å². The summed E-state index contributed by atoms with van der Waals surface area (Å²) >= 11 is 0. The molecule has 134 valence electrons. The summed E-state index contributed by atoms with van der Waals surface area (Å²) in [4.78, 5) is 17.0. The van der Waals surface area contributed by atoms with Crippen molar-refractivity contribution in [2.75, 3.05) is 39.8 Å². The maximum absolute atomic E-state index is 12.6. The number of ketones is 1. The van der Waals surface area contributed by atoms with Crippen molar-refractivity contribution in [3.05, 3.63) is 53.9 Å². The Labute approximate surface area is 148 Å². The van der Waals surface area contributed by atoms with Gasteiger partial charge in [-0.3, -0.25) is 9.69 Å². The summed E-state index contributed by atoms with van der Waals surface area (Å²) in [7, 11) is -1.60. The average molecular weight is 361 g/mol. The number of Topliss-reactive ketones (excluding diaryl/α,β-unsaturated/α-hetero) is 1. The van der Waals surface area contributed by atoms with Crippen LogP contribution in [0.4, 0.5) is 0 Å². The number of aromatic nitrogens is 1. The van der Waals surface area contributed by atoms with Crippen molar-refractivity contribution in [1.82, 2.24) is 13.8 Å². The largest absolute Gasteiger partial charge is 0.304 e. The Morgan fingerprint density at radius 1 is 1.04 bits per heavy atom. The molecule has 0 saturated carbocycles. The van der Waals surface area contributed by atoms with Gasteiger partial charge in [0, 0.05) is 44.1 Å². The highest BCUT2D eigenvalue weighted by molar-refractivity contribution is 7.90. The number of benzene rings is 1. The zero-order valence-corrected chi connectivity index (χ0v) is 15.4. The maximum atomic E-state index is 12.6. The van der Waals surface area contributed by atoms with Gasteiger partial charge >= 0.3 is 0 Å². The topological polar surface area (TPSA) is 62.6 Å². The van der Waals surface area contributed by atoms with E-state index in [4.69, 9.17) is 0 Å². The van der Waals surface area contributed by atoms with Crippen LogP contribution >= 0.6 is 0 Å². The van der Waals surface area contributed by atoms with E-state index >= 15 is 0 Å². The Morgan fingerprint density at radius 2 is 1.68 bits per heavy atom. The number of aryl methyl sites for hydroxylation is 1. The zero-order chi connectivity index (χ0) is 18.0. The number of likely N-dealkylation sites (N-methyl/N-ethyl adjacent to an activating group) is 1. The van der Waals surface area contributed by atoms with Gasteiger partial charge in [0.2, 0.25) is 0 Å². The first-order chi connectivity index (χ1) is 11.9. The van der Waals surface area contributed by atoms with Crippen LogP contribution in [0.1, 0.15) is 15.9 Å². The highest BCUT2D eigenvalue weighted by Crippen LogP contribution is 2.16. The molecular weight excluding hydrogens is 338 g/mol. The van der Waals surface area contributed by atoms with Crippen molar-refractivity contribution in [3.8, 4) is 0 Å². The van der Waals surface area contributed by atoms with Crippen LogP contribution in [0.25, 0.3) is 0 Å². The lowest BCUT2D eigenvalue weighted by atomic mass is 10.2. The molecule has 1 saturated heterocycles. The second kappa shape index (κ2) is 7.11. The summed E-state index contributed by atoms with van der Waals surface area (Å²) in [6.45, 7) is 5.81. The molecule has 2 heterocycles. The molecule has 7 heteroatoms. The number of hydrogen-bond donors (Lipinski definition) is 0. The predicted molar refractivity (Wildman–Crippen MR) is 96.5 cm³/mol. The lowest BCUT2D eigenvalue weighted by molar-refractivity contribution is 0.0876. The van der Waals surface area contributed by atoms with E-state index in [9.17, 15) is 13.2 Å². The minimum Gasteiger partial charge on any atom is -0.304 e. The fourth-order valence-corrected chi connectivity index (χ4v) is 4.02. The Kier molecular flexibility index (Phi) is 5.08. The number of carbonyl (C=O) groups excluding carboxylic acids is 1. The number of nitrogens with zero attached hydrogens (tertiary/aromatic N) is 3. The van der Waals surface area contributed by atoms with Crippen molar-refractivity contribution in [3.63, 3.8) is 0 Å². The van der Waals surface area contributed by atoms with Crippen molar-refractivity contribution in [2.24, 2.45) is 0 Å². The summed E-state index contributed by atoms with van der Waals surface area (Å²) in [5.41, 5.74) is 1.42. The smallest absolute Gasteiger partial charge is 0.267 e. The Bertz CT molecular complexity index is 848. The molecule has 6 nitrogen and oxygen atoms in total. The molecule has 0 atom stereocenters. The molecule has 1 aromatic heterocycles. The Hall–Kier alpha value is -1.96. The number of carbonyl (C=O) groups is 1. The summed E-state index contributed by atoms with van der Waals surface area (Å²) in [5, 5.41) is 0. The summed E-state index contributed by atoms with van der Waals surface area (Å²) < 4.78 is 26.4. The number of piperazine rings is 1. The first-order valence-corrected chi connectivity index (χ1v) is 9.74. The molecule has 0 aliphatic carbocycles. The molecule has 0 radical (unpaired) electrons. The van der Waals surface area contributed by atoms with E-state index in [2.05, 4.69) is 16.8 Å². The van der Waals surface area contributed by atoms with Gasteiger partial charge in [0.05, 0.1) is 11.4 Å². The summed E-state index contributed by atoms with van der Waals surface area (Å²) in [6, 6.07) is 8.25. The van der Waals surface area contributed by atoms with Crippen molar-refractivity contribution in [1.29, 1.82) is 0 Å². The molecule has 1 aliphatic heterocycles. The number of rotatable bonds is 5. The zero-order valence-electron chi connectivity index (χ0n) is 14.6. The van der Waals surface area contributed by atoms with Gasteiger partial charge in [-0.1, -0.05) is 17.7 Å². The van der Waals surface area contributed by atoms with Crippen molar-refractivity contribution >= 4 is 15.8 Å². The SMILES string of the molecule is Cc1ccc(S(=O)(=O)n2ccc(C(=O)CN3CCN(C)CC3)c2)cc1. The second-order valence-corrected chi connectivity index (χ2v) is 8.39. The van der Waals surface area contributed by atoms with Gasteiger partial charge in [0.1, 0.15) is 0 Å². The Balaban J connectivity index is 1.73. The first kappa shape index (κ1) is 17.8. The van der Waals surface area contributed by atoms with Crippen LogP contribution in [0.5, 0.6) is 0 Å². The van der Waals surface area contributed by atoms with E-state index in [1.165, 1.54) is 12.4 Å². The van der Waals surface area contributed by atoms with Gasteiger partial charge in [-0.05, 0) is 32.2 Å². The molecular formula is C18H23N3O3S. The summed E-state index contributed by atoms with van der Waals surface area (Å²) in [6.07, 6.45) is 2.85. The number of hydrogen-bond acceptors (Lipinski definition) is 5. The minimum atomic E-state index is -3.66. The van der Waals surface area contributed by atoms with E-state index in [1.807, 2.05) is 6.92 Å². The van der Waals surface area contributed by atoms with Crippen LogP contribution in [0.15, 0.2) is 47.6 Å². The van der Waals surface area contributed by atoms with E-state index in [-0.39, 0.29) is 10.7 Å². The van der Waals surface area contributed by atoms with E-state index < -0.39 is 10.0 Å². The molecule has 3 rings (SSSR count). The van der Waals surface area contributed by atoms with Gasteiger partial charge in [0.25, 0.3) is 10.0 Å². The van der Waals surface area contributed by atoms with E-state index in [1.54, 1.807) is 30.3 Å². The monoisotopic (exact) mass is 361 g/mol. The van der Waals surface area contributed by atoms with Gasteiger partial charge in [-0.2, -0.15) is 0 Å². The van der Waals surface area contributed by atoms with Crippen LogP contribution in [0.3, 0.4) is 0 Å². The Morgan fingerprint density at radius 3 is 2.32 bits per heavy atom. The van der Waals surface area contributed by atoms with Crippen LogP contribution in [-0.4, -0.2) is 67.7 Å². The third-order valence-electron chi connectivity index (χ3n) is 4.55. The maximum Gasteiger partial charge on any atom is 0.267 e. The van der Waals surface area contributed by atoms with Crippen LogP contribution in [0, 0.1) is 6.92 Å². The highest BCUT2D eigenvalue weighted by Gasteiger charge is 2.21. The molecule has 0 N–H and O–H groups in total. The van der Waals surface area contributed by atoms with Crippen molar-refractivity contribution < 1.29 is 13.2 Å². The first-order valence-electron chi connectivity index (χ1n) is 8.30. The molecule has 0 amide bonds. The van der Waals surface area contributed by atoms with Gasteiger partial charge in [-0.15, -0.1) is 0 Å². The predicted octanol–water partition coefficient (Wildman–Crippen LogP) is 1.46. The molecule has 1 aromatic carbocycles. The van der Waals surface area contributed by atoms with Crippen molar-refractivity contribution in [2.45, 2.75) is 11.8 Å².